The molecule has 1 saturated heterocycles. The fourth-order valence-electron chi connectivity index (χ4n) is 3.53. The summed E-state index contributed by atoms with van der Waals surface area (Å²) in [6.07, 6.45) is 3.65. The number of piperidine rings is 1. The molecule has 0 aromatic heterocycles. The molecule has 1 aliphatic heterocycles. The zero-order chi connectivity index (χ0) is 14.5. The van der Waals surface area contributed by atoms with Gasteiger partial charge in [-0.05, 0) is 43.9 Å². The first-order chi connectivity index (χ1) is 9.69. The third kappa shape index (κ3) is 3.17. The van der Waals surface area contributed by atoms with Crippen LogP contribution in [0.4, 0.5) is 5.69 Å². The third-order valence-corrected chi connectivity index (χ3v) is 4.85. The minimum Gasteiger partial charge on any atom is -0.368 e. The highest BCUT2D eigenvalue weighted by atomic mass is 15.2. The Hall–Kier alpha value is -1.02. The quantitative estimate of drug-likeness (QED) is 0.877. The van der Waals surface area contributed by atoms with Crippen molar-refractivity contribution < 1.29 is 0 Å². The van der Waals surface area contributed by atoms with Gasteiger partial charge < -0.3 is 10.2 Å². The van der Waals surface area contributed by atoms with E-state index >= 15 is 0 Å². The summed E-state index contributed by atoms with van der Waals surface area (Å²) in [4.78, 5) is 2.63. The monoisotopic (exact) mass is 274 g/mol. The molecule has 2 rings (SSSR count). The molecule has 1 heterocycles. The summed E-state index contributed by atoms with van der Waals surface area (Å²) in [7, 11) is 0. The first-order valence-corrected chi connectivity index (χ1v) is 8.26. The first-order valence-electron chi connectivity index (χ1n) is 8.26. The van der Waals surface area contributed by atoms with Crippen LogP contribution < -0.4 is 10.2 Å². The van der Waals surface area contributed by atoms with Gasteiger partial charge in [0.2, 0.25) is 0 Å². The van der Waals surface area contributed by atoms with Crippen LogP contribution in [-0.4, -0.2) is 25.2 Å². The summed E-state index contributed by atoms with van der Waals surface area (Å²) in [5.41, 5.74) is 2.97. The van der Waals surface area contributed by atoms with E-state index in [1.165, 1.54) is 37.1 Å². The standard InChI is InChI=1S/C18H30N2/c1-5-9-16-10-7-8-11-18(16)20-13-12-17(19-6-2)14(3)15(20)4/h7-8,10-11,14-15,17,19H,5-6,9,12-13H2,1-4H3. The van der Waals surface area contributed by atoms with Crippen molar-refractivity contribution in [2.24, 2.45) is 5.92 Å². The van der Waals surface area contributed by atoms with Gasteiger partial charge in [-0.15, -0.1) is 0 Å². The summed E-state index contributed by atoms with van der Waals surface area (Å²) in [6.45, 7) is 11.5. The molecular formula is C18H30N2. The average Bonchev–Trinajstić information content (AvgIpc) is 2.46. The number of benzene rings is 1. The van der Waals surface area contributed by atoms with Crippen LogP contribution in [0.3, 0.4) is 0 Å². The van der Waals surface area contributed by atoms with Crippen molar-refractivity contribution in [1.82, 2.24) is 5.32 Å². The number of anilines is 1. The van der Waals surface area contributed by atoms with Gasteiger partial charge in [0.15, 0.2) is 0 Å². The summed E-state index contributed by atoms with van der Waals surface area (Å²) in [6, 6.07) is 10.2. The Morgan fingerprint density at radius 1 is 1.20 bits per heavy atom. The average molecular weight is 274 g/mol. The lowest BCUT2D eigenvalue weighted by molar-refractivity contribution is 0.274. The molecular weight excluding hydrogens is 244 g/mol. The Bertz CT molecular complexity index is 416. The lowest BCUT2D eigenvalue weighted by atomic mass is 9.86. The predicted octanol–water partition coefficient (Wildman–Crippen LogP) is 3.85. The van der Waals surface area contributed by atoms with Crippen LogP contribution in [0.15, 0.2) is 24.3 Å². The van der Waals surface area contributed by atoms with Crippen LogP contribution in [0.1, 0.15) is 46.1 Å². The maximum Gasteiger partial charge on any atom is 0.0401 e. The van der Waals surface area contributed by atoms with E-state index in [4.69, 9.17) is 0 Å². The molecule has 3 atom stereocenters. The Kier molecular flexibility index (Phi) is 5.47. The number of para-hydroxylation sites is 1. The van der Waals surface area contributed by atoms with E-state index in [1.807, 2.05) is 0 Å². The van der Waals surface area contributed by atoms with E-state index in [0.717, 1.165) is 6.54 Å². The van der Waals surface area contributed by atoms with Gasteiger partial charge in [0.05, 0.1) is 0 Å². The molecule has 0 spiro atoms. The van der Waals surface area contributed by atoms with Crippen LogP contribution in [-0.2, 0) is 6.42 Å². The summed E-state index contributed by atoms with van der Waals surface area (Å²) in [5, 5.41) is 3.65. The predicted molar refractivity (Wildman–Crippen MR) is 88.5 cm³/mol. The van der Waals surface area contributed by atoms with Gasteiger partial charge in [-0.25, -0.2) is 0 Å². The molecule has 1 aliphatic rings. The third-order valence-electron chi connectivity index (χ3n) is 4.85. The Morgan fingerprint density at radius 2 is 1.95 bits per heavy atom. The van der Waals surface area contributed by atoms with Gasteiger partial charge in [-0.3, -0.25) is 0 Å². The number of nitrogens with zero attached hydrogens (tertiary/aromatic N) is 1. The van der Waals surface area contributed by atoms with Crippen LogP contribution in [0, 0.1) is 5.92 Å². The number of hydrogen-bond acceptors (Lipinski definition) is 2. The number of nitrogens with one attached hydrogen (secondary N) is 1. The van der Waals surface area contributed by atoms with Gasteiger partial charge in [-0.1, -0.05) is 45.4 Å². The second-order valence-electron chi connectivity index (χ2n) is 6.12. The van der Waals surface area contributed by atoms with Crippen molar-refractivity contribution in [3.63, 3.8) is 0 Å². The van der Waals surface area contributed by atoms with Crippen molar-refractivity contribution in [2.75, 3.05) is 18.0 Å². The second-order valence-corrected chi connectivity index (χ2v) is 6.12. The van der Waals surface area contributed by atoms with E-state index in [0.29, 0.717) is 18.0 Å². The lowest BCUT2D eigenvalue weighted by Gasteiger charge is -2.45. The molecule has 2 nitrogen and oxygen atoms in total. The summed E-state index contributed by atoms with van der Waals surface area (Å²) < 4.78 is 0. The molecule has 1 fully saturated rings. The number of hydrogen-bond donors (Lipinski definition) is 1. The van der Waals surface area contributed by atoms with E-state index in [9.17, 15) is 0 Å². The van der Waals surface area contributed by atoms with Crippen molar-refractivity contribution in [1.29, 1.82) is 0 Å². The lowest BCUT2D eigenvalue weighted by Crippen LogP contribution is -2.53. The summed E-state index contributed by atoms with van der Waals surface area (Å²) in [5.74, 6) is 0.693. The molecule has 1 N–H and O–H groups in total. The van der Waals surface area contributed by atoms with Crippen molar-refractivity contribution in [3.05, 3.63) is 29.8 Å². The topological polar surface area (TPSA) is 15.3 Å². The smallest absolute Gasteiger partial charge is 0.0401 e. The molecule has 112 valence electrons. The van der Waals surface area contributed by atoms with Crippen LogP contribution in [0.25, 0.3) is 0 Å². The number of rotatable bonds is 5. The van der Waals surface area contributed by atoms with Crippen LogP contribution in [0.5, 0.6) is 0 Å². The second kappa shape index (κ2) is 7.12. The van der Waals surface area contributed by atoms with Gasteiger partial charge in [0, 0.05) is 24.3 Å². The fourth-order valence-corrected chi connectivity index (χ4v) is 3.53. The van der Waals surface area contributed by atoms with Crippen molar-refractivity contribution in [3.8, 4) is 0 Å². The van der Waals surface area contributed by atoms with Gasteiger partial charge in [-0.2, -0.15) is 0 Å². The molecule has 0 amide bonds. The van der Waals surface area contributed by atoms with Gasteiger partial charge in [0.25, 0.3) is 0 Å². The van der Waals surface area contributed by atoms with Crippen LogP contribution >= 0.6 is 0 Å². The zero-order valence-electron chi connectivity index (χ0n) is 13.5. The zero-order valence-corrected chi connectivity index (χ0v) is 13.5. The molecule has 0 radical (unpaired) electrons. The normalized spacial score (nSPS) is 26.8. The van der Waals surface area contributed by atoms with E-state index in [-0.39, 0.29) is 0 Å². The molecule has 2 heteroatoms. The molecule has 1 aromatic rings. The molecule has 0 bridgehead atoms. The fraction of sp³-hybridized carbons (Fsp3) is 0.667. The summed E-state index contributed by atoms with van der Waals surface area (Å²) >= 11 is 0. The minimum absolute atomic E-state index is 0.603. The van der Waals surface area contributed by atoms with Crippen molar-refractivity contribution >= 4 is 5.69 Å². The highest BCUT2D eigenvalue weighted by molar-refractivity contribution is 5.55. The number of aryl methyl sites for hydroxylation is 1. The Morgan fingerprint density at radius 3 is 2.65 bits per heavy atom. The molecule has 1 aromatic carbocycles. The largest absolute Gasteiger partial charge is 0.368 e. The first kappa shape index (κ1) is 15.4. The SMILES string of the molecule is CCCc1ccccc1N1CCC(NCC)C(C)C1C. The molecule has 0 aliphatic carbocycles. The Labute approximate surface area is 124 Å². The van der Waals surface area contributed by atoms with Gasteiger partial charge in [0.1, 0.15) is 0 Å². The minimum atomic E-state index is 0.603. The molecule has 3 unspecified atom stereocenters. The van der Waals surface area contributed by atoms with Gasteiger partial charge >= 0.3 is 0 Å². The molecule has 0 saturated carbocycles. The Balaban J connectivity index is 2.18. The van der Waals surface area contributed by atoms with E-state index < -0.39 is 0 Å². The van der Waals surface area contributed by atoms with Crippen molar-refractivity contribution in [2.45, 2.75) is 59.0 Å². The highest BCUT2D eigenvalue weighted by Crippen LogP contribution is 2.31. The highest BCUT2D eigenvalue weighted by Gasteiger charge is 2.32. The maximum absolute atomic E-state index is 3.65. The van der Waals surface area contributed by atoms with E-state index in [2.05, 4.69) is 62.2 Å². The maximum atomic E-state index is 3.65. The van der Waals surface area contributed by atoms with Crippen LogP contribution in [0.2, 0.25) is 0 Å². The van der Waals surface area contributed by atoms with E-state index in [1.54, 1.807) is 0 Å². The molecule has 20 heavy (non-hydrogen) atoms.